The van der Waals surface area contributed by atoms with Crippen LogP contribution in [0.3, 0.4) is 0 Å². The van der Waals surface area contributed by atoms with Gasteiger partial charge in [-0.15, -0.1) is 0 Å². The van der Waals surface area contributed by atoms with Gasteiger partial charge in [0.05, 0.1) is 12.0 Å². The van der Waals surface area contributed by atoms with E-state index in [2.05, 4.69) is 22.0 Å². The first-order chi connectivity index (χ1) is 9.60. The fraction of sp³-hybridized carbons (Fsp3) is 0.125. The second-order valence-electron chi connectivity index (χ2n) is 4.37. The Labute approximate surface area is 131 Å². The highest BCUT2D eigenvalue weighted by molar-refractivity contribution is 9.10. The zero-order chi connectivity index (χ0) is 14.5. The smallest absolute Gasteiger partial charge is 0.164 e. The molecule has 0 aliphatic rings. The molecule has 0 aliphatic carbocycles. The summed E-state index contributed by atoms with van der Waals surface area (Å²) in [6.45, 7) is 0. The number of hydrogen-bond acceptors (Lipinski definition) is 2. The van der Waals surface area contributed by atoms with Gasteiger partial charge >= 0.3 is 0 Å². The second-order valence-corrected chi connectivity index (χ2v) is 5.72. The van der Waals surface area contributed by atoms with Gasteiger partial charge < -0.3 is 0 Å². The third-order valence-corrected chi connectivity index (χ3v) is 3.76. The predicted molar refractivity (Wildman–Crippen MR) is 82.9 cm³/mol. The highest BCUT2D eigenvalue weighted by atomic mass is 79.9. The van der Waals surface area contributed by atoms with E-state index in [0.717, 1.165) is 10.0 Å². The van der Waals surface area contributed by atoms with Crippen molar-refractivity contribution in [1.29, 1.82) is 5.26 Å². The number of nitrogens with zero attached hydrogens (tertiary/aromatic N) is 1. The van der Waals surface area contributed by atoms with Crippen molar-refractivity contribution in [1.82, 2.24) is 0 Å². The van der Waals surface area contributed by atoms with E-state index in [4.69, 9.17) is 11.6 Å². The largest absolute Gasteiger partial charge is 0.294 e. The number of benzene rings is 2. The maximum atomic E-state index is 12.2. The van der Waals surface area contributed by atoms with Crippen molar-refractivity contribution in [3.63, 3.8) is 0 Å². The molecule has 2 aromatic rings. The highest BCUT2D eigenvalue weighted by Gasteiger charge is 2.16. The maximum absolute atomic E-state index is 12.2. The van der Waals surface area contributed by atoms with E-state index in [0.29, 0.717) is 10.6 Å². The van der Waals surface area contributed by atoms with E-state index < -0.39 is 5.92 Å². The Bertz CT molecular complexity index is 644. The summed E-state index contributed by atoms with van der Waals surface area (Å²) in [6.07, 6.45) is 0.166. The Hall–Kier alpha value is -1.63. The molecule has 1 atom stereocenters. The van der Waals surface area contributed by atoms with Crippen LogP contribution in [0.15, 0.2) is 53.0 Å². The number of halogens is 2. The van der Waals surface area contributed by atoms with Crippen molar-refractivity contribution in [2.24, 2.45) is 0 Å². The third kappa shape index (κ3) is 3.69. The first-order valence-corrected chi connectivity index (χ1v) is 7.21. The molecule has 0 amide bonds. The van der Waals surface area contributed by atoms with Crippen LogP contribution in [-0.2, 0) is 0 Å². The van der Waals surface area contributed by atoms with Crippen LogP contribution in [0.2, 0.25) is 5.02 Å². The molecular weight excluding hydrogens is 338 g/mol. The molecule has 20 heavy (non-hydrogen) atoms. The number of carbonyl (C=O) groups is 1. The topological polar surface area (TPSA) is 40.9 Å². The molecule has 0 saturated carbocycles. The molecule has 0 spiro atoms. The van der Waals surface area contributed by atoms with Gasteiger partial charge in [-0.2, -0.15) is 5.26 Å². The molecule has 2 aromatic carbocycles. The number of ketones is 1. The normalized spacial score (nSPS) is 11.7. The average Bonchev–Trinajstić information content (AvgIpc) is 2.46. The Kier molecular flexibility index (Phi) is 4.94. The van der Waals surface area contributed by atoms with Crippen molar-refractivity contribution in [3.05, 3.63) is 69.2 Å². The van der Waals surface area contributed by atoms with Gasteiger partial charge in [0.25, 0.3) is 0 Å². The molecule has 4 heteroatoms. The third-order valence-electron chi connectivity index (χ3n) is 2.98. The summed E-state index contributed by atoms with van der Waals surface area (Å²) in [5.74, 6) is -0.498. The van der Waals surface area contributed by atoms with Crippen LogP contribution in [-0.4, -0.2) is 5.78 Å². The van der Waals surface area contributed by atoms with Crippen LogP contribution in [0, 0.1) is 11.3 Å². The number of hydrogen-bond donors (Lipinski definition) is 0. The van der Waals surface area contributed by atoms with Gasteiger partial charge in [0.2, 0.25) is 0 Å². The summed E-state index contributed by atoms with van der Waals surface area (Å²) in [5, 5.41) is 9.86. The van der Waals surface area contributed by atoms with Gasteiger partial charge in [0.1, 0.15) is 0 Å². The molecule has 0 bridgehead atoms. The number of Topliss-reactive ketones (excluding diaryl/α,β-unsaturated/α-hetero) is 1. The summed E-state index contributed by atoms with van der Waals surface area (Å²) < 4.78 is 0.920. The molecule has 0 heterocycles. The number of rotatable bonds is 4. The van der Waals surface area contributed by atoms with E-state index in [1.54, 1.807) is 36.4 Å². The summed E-state index contributed by atoms with van der Waals surface area (Å²) in [4.78, 5) is 12.2. The van der Waals surface area contributed by atoms with Crippen molar-refractivity contribution in [2.75, 3.05) is 0 Å². The standard InChI is InChI=1S/C16H11BrClNO/c17-14-5-1-12(2-6-14)16(20)9-13(10-19)11-3-7-15(18)8-4-11/h1-8,13H,9H2. The minimum atomic E-state index is -0.455. The molecule has 0 aliphatic heterocycles. The van der Waals surface area contributed by atoms with Crippen LogP contribution >= 0.6 is 27.5 Å². The molecule has 2 nitrogen and oxygen atoms in total. The lowest BCUT2D eigenvalue weighted by Crippen LogP contribution is -2.06. The quantitative estimate of drug-likeness (QED) is 0.731. The molecule has 1 unspecified atom stereocenters. The predicted octanol–water partition coefficient (Wildman–Crippen LogP) is 4.98. The van der Waals surface area contributed by atoms with Crippen LogP contribution in [0.4, 0.5) is 0 Å². The lowest BCUT2D eigenvalue weighted by molar-refractivity contribution is 0.0979. The summed E-state index contributed by atoms with van der Waals surface area (Å²) in [7, 11) is 0. The van der Waals surface area contributed by atoms with Crippen molar-refractivity contribution < 1.29 is 4.79 Å². The molecule has 0 saturated heterocycles. The van der Waals surface area contributed by atoms with Crippen LogP contribution in [0.1, 0.15) is 28.3 Å². The fourth-order valence-electron chi connectivity index (χ4n) is 1.87. The van der Waals surface area contributed by atoms with Crippen LogP contribution in [0.25, 0.3) is 0 Å². The zero-order valence-electron chi connectivity index (χ0n) is 10.5. The Balaban J connectivity index is 2.14. The Morgan fingerprint density at radius 3 is 2.30 bits per heavy atom. The molecular formula is C16H11BrClNO. The lowest BCUT2D eigenvalue weighted by Gasteiger charge is -2.09. The number of nitriles is 1. The van der Waals surface area contributed by atoms with Crippen molar-refractivity contribution in [2.45, 2.75) is 12.3 Å². The SMILES string of the molecule is N#CC(CC(=O)c1ccc(Br)cc1)c1ccc(Cl)cc1. The first-order valence-electron chi connectivity index (χ1n) is 6.04. The van der Waals surface area contributed by atoms with Crippen molar-refractivity contribution in [3.8, 4) is 6.07 Å². The Morgan fingerprint density at radius 1 is 1.15 bits per heavy atom. The highest BCUT2D eigenvalue weighted by Crippen LogP contribution is 2.23. The summed E-state index contributed by atoms with van der Waals surface area (Å²) in [5.41, 5.74) is 1.42. The van der Waals surface area contributed by atoms with E-state index in [1.807, 2.05) is 12.1 Å². The van der Waals surface area contributed by atoms with Gasteiger partial charge in [0.15, 0.2) is 5.78 Å². The minimum absolute atomic E-state index is 0.0426. The summed E-state index contributed by atoms with van der Waals surface area (Å²) in [6, 6.07) is 16.3. The Morgan fingerprint density at radius 2 is 1.75 bits per heavy atom. The van der Waals surface area contributed by atoms with Crippen LogP contribution in [0.5, 0.6) is 0 Å². The number of carbonyl (C=O) groups excluding carboxylic acids is 1. The van der Waals surface area contributed by atoms with Gasteiger partial charge in [-0.25, -0.2) is 0 Å². The van der Waals surface area contributed by atoms with Gasteiger partial charge in [-0.3, -0.25) is 4.79 Å². The molecule has 0 radical (unpaired) electrons. The monoisotopic (exact) mass is 347 g/mol. The molecule has 100 valence electrons. The van der Waals surface area contributed by atoms with E-state index in [9.17, 15) is 10.1 Å². The minimum Gasteiger partial charge on any atom is -0.294 e. The van der Waals surface area contributed by atoms with E-state index >= 15 is 0 Å². The molecule has 0 aromatic heterocycles. The lowest BCUT2D eigenvalue weighted by atomic mass is 9.93. The van der Waals surface area contributed by atoms with Crippen molar-refractivity contribution >= 4 is 33.3 Å². The van der Waals surface area contributed by atoms with Gasteiger partial charge in [0, 0.05) is 21.5 Å². The fourth-order valence-corrected chi connectivity index (χ4v) is 2.26. The maximum Gasteiger partial charge on any atom is 0.164 e. The zero-order valence-corrected chi connectivity index (χ0v) is 12.9. The van der Waals surface area contributed by atoms with Gasteiger partial charge in [-0.05, 0) is 29.8 Å². The van der Waals surface area contributed by atoms with E-state index in [1.165, 1.54) is 0 Å². The molecule has 0 N–H and O–H groups in total. The summed E-state index contributed by atoms with van der Waals surface area (Å²) >= 11 is 9.15. The van der Waals surface area contributed by atoms with E-state index in [-0.39, 0.29) is 12.2 Å². The van der Waals surface area contributed by atoms with Gasteiger partial charge in [-0.1, -0.05) is 51.8 Å². The van der Waals surface area contributed by atoms with Crippen LogP contribution < -0.4 is 0 Å². The first kappa shape index (κ1) is 14.8. The molecule has 2 rings (SSSR count). The second kappa shape index (κ2) is 6.69. The molecule has 0 fully saturated rings. The average molecular weight is 349 g/mol.